The number of nitrogens with one attached hydrogen (secondary N) is 1. The molecule has 1 aliphatic carbocycles. The first kappa shape index (κ1) is 19.2. The maximum absolute atomic E-state index is 11.8. The molecule has 1 aliphatic heterocycles. The molecule has 0 saturated carbocycles. The molecule has 1 fully saturated rings. The molecule has 0 bridgehead atoms. The van der Waals surface area contributed by atoms with Gasteiger partial charge in [0.25, 0.3) is 5.91 Å². The summed E-state index contributed by atoms with van der Waals surface area (Å²) in [4.78, 5) is 34.5. The molecular formula is C19H25N7O3. The van der Waals surface area contributed by atoms with Gasteiger partial charge in [0, 0.05) is 37.9 Å². The Morgan fingerprint density at radius 3 is 2.76 bits per heavy atom. The van der Waals surface area contributed by atoms with E-state index < -0.39 is 5.91 Å². The number of aromatic nitrogens is 4. The quantitative estimate of drug-likeness (QED) is 0.788. The van der Waals surface area contributed by atoms with E-state index in [1.165, 1.54) is 0 Å². The number of rotatable bonds is 4. The van der Waals surface area contributed by atoms with Crippen molar-refractivity contribution in [1.29, 1.82) is 0 Å². The van der Waals surface area contributed by atoms with Crippen LogP contribution in [-0.2, 0) is 24.6 Å². The standard InChI is InChI=1S/C19H25N7O3/c1-3-29-19(28)26-8-6-12(7-9-26)22-18-21-10-11-4-5-13-15(17(20)27)24-25(2)16(13)14(11)23-18/h10,12H,3-9H2,1-2H3,(H2,20,27)(H,21,22,23). The first-order valence-electron chi connectivity index (χ1n) is 9.88. The highest BCUT2D eigenvalue weighted by Gasteiger charge is 2.29. The fourth-order valence-electron chi connectivity index (χ4n) is 4.03. The lowest BCUT2D eigenvalue weighted by molar-refractivity contribution is 0.0978. The van der Waals surface area contributed by atoms with E-state index in [1.807, 2.05) is 6.20 Å². The van der Waals surface area contributed by atoms with Crippen LogP contribution in [0.5, 0.6) is 0 Å². The third kappa shape index (κ3) is 3.62. The molecular weight excluding hydrogens is 374 g/mol. The maximum atomic E-state index is 11.8. The molecule has 10 nitrogen and oxygen atoms in total. The van der Waals surface area contributed by atoms with Crippen molar-refractivity contribution in [3.8, 4) is 11.4 Å². The van der Waals surface area contributed by atoms with Gasteiger partial charge in [-0.15, -0.1) is 0 Å². The number of amides is 2. The Morgan fingerprint density at radius 1 is 1.31 bits per heavy atom. The van der Waals surface area contributed by atoms with Gasteiger partial charge in [-0.25, -0.2) is 14.8 Å². The number of carbonyl (C=O) groups is 2. The predicted octanol–water partition coefficient (Wildman–Crippen LogP) is 1.11. The molecule has 154 valence electrons. The van der Waals surface area contributed by atoms with Gasteiger partial charge in [0.2, 0.25) is 5.95 Å². The lowest BCUT2D eigenvalue weighted by atomic mass is 9.93. The zero-order chi connectivity index (χ0) is 20.5. The van der Waals surface area contributed by atoms with Crippen LogP contribution in [0.25, 0.3) is 11.4 Å². The van der Waals surface area contributed by atoms with E-state index in [-0.39, 0.29) is 12.1 Å². The molecule has 0 spiro atoms. The molecule has 0 radical (unpaired) electrons. The van der Waals surface area contributed by atoms with Crippen molar-refractivity contribution in [2.24, 2.45) is 12.8 Å². The lowest BCUT2D eigenvalue weighted by Crippen LogP contribution is -2.42. The predicted molar refractivity (Wildman–Crippen MR) is 105 cm³/mol. The van der Waals surface area contributed by atoms with Gasteiger partial charge in [0.05, 0.1) is 18.0 Å². The van der Waals surface area contributed by atoms with Crippen LogP contribution in [0.4, 0.5) is 10.7 Å². The number of nitrogens with zero attached hydrogens (tertiary/aromatic N) is 5. The molecule has 1 saturated heterocycles. The van der Waals surface area contributed by atoms with Crippen molar-refractivity contribution in [2.45, 2.75) is 38.6 Å². The SMILES string of the molecule is CCOC(=O)N1CCC(Nc2ncc3c(n2)-c2c(c(C(N)=O)nn2C)CC3)CC1. The average molecular weight is 399 g/mol. The van der Waals surface area contributed by atoms with Gasteiger partial charge < -0.3 is 20.7 Å². The zero-order valence-electron chi connectivity index (χ0n) is 16.6. The fraction of sp³-hybridized carbons (Fsp3) is 0.526. The number of ether oxygens (including phenoxy) is 1. The summed E-state index contributed by atoms with van der Waals surface area (Å²) in [5, 5.41) is 7.67. The highest BCUT2D eigenvalue weighted by atomic mass is 16.6. The third-order valence-corrected chi connectivity index (χ3v) is 5.47. The van der Waals surface area contributed by atoms with Crippen LogP contribution in [0.1, 0.15) is 41.4 Å². The fourth-order valence-corrected chi connectivity index (χ4v) is 4.03. The highest BCUT2D eigenvalue weighted by Crippen LogP contribution is 2.34. The molecule has 0 atom stereocenters. The highest BCUT2D eigenvalue weighted by molar-refractivity contribution is 5.94. The van der Waals surface area contributed by atoms with E-state index in [4.69, 9.17) is 15.5 Å². The number of likely N-dealkylation sites (tertiary alicyclic amines) is 1. The molecule has 2 aliphatic rings. The number of nitrogens with two attached hydrogens (primary N) is 1. The van der Waals surface area contributed by atoms with Crippen molar-refractivity contribution in [1.82, 2.24) is 24.6 Å². The van der Waals surface area contributed by atoms with Gasteiger partial charge in [-0.05, 0) is 38.2 Å². The number of aryl methyl sites for hydroxylation is 2. The van der Waals surface area contributed by atoms with Crippen LogP contribution in [0.2, 0.25) is 0 Å². The van der Waals surface area contributed by atoms with Gasteiger partial charge in [-0.2, -0.15) is 5.10 Å². The summed E-state index contributed by atoms with van der Waals surface area (Å²) in [5.74, 6) is 0.0130. The van der Waals surface area contributed by atoms with Crippen molar-refractivity contribution in [2.75, 3.05) is 25.0 Å². The summed E-state index contributed by atoms with van der Waals surface area (Å²) in [6, 6.07) is 0.175. The molecule has 10 heteroatoms. The Balaban J connectivity index is 1.51. The average Bonchev–Trinajstić information content (AvgIpc) is 3.06. The Morgan fingerprint density at radius 2 is 2.07 bits per heavy atom. The number of carbonyl (C=O) groups excluding carboxylic acids is 2. The molecule has 29 heavy (non-hydrogen) atoms. The van der Waals surface area contributed by atoms with Crippen molar-refractivity contribution < 1.29 is 14.3 Å². The Bertz CT molecular complexity index is 948. The number of hydrogen-bond donors (Lipinski definition) is 2. The van der Waals surface area contributed by atoms with Gasteiger partial charge >= 0.3 is 6.09 Å². The summed E-state index contributed by atoms with van der Waals surface area (Å²) in [6.45, 7) is 3.46. The Kier molecular flexibility index (Phi) is 5.08. The van der Waals surface area contributed by atoms with Gasteiger partial charge in [-0.3, -0.25) is 9.48 Å². The summed E-state index contributed by atoms with van der Waals surface area (Å²) in [6.07, 6.45) is 4.59. The Labute approximate surface area is 168 Å². The molecule has 4 rings (SSSR count). The second kappa shape index (κ2) is 7.69. The summed E-state index contributed by atoms with van der Waals surface area (Å²) in [7, 11) is 1.79. The van der Waals surface area contributed by atoms with E-state index in [0.717, 1.165) is 41.8 Å². The van der Waals surface area contributed by atoms with Crippen molar-refractivity contribution in [3.05, 3.63) is 23.0 Å². The molecule has 3 heterocycles. The second-order valence-corrected chi connectivity index (χ2v) is 7.34. The summed E-state index contributed by atoms with van der Waals surface area (Å²) >= 11 is 0. The van der Waals surface area contributed by atoms with Crippen molar-refractivity contribution >= 4 is 17.9 Å². The summed E-state index contributed by atoms with van der Waals surface area (Å²) < 4.78 is 6.73. The molecule has 0 unspecified atom stereocenters. The lowest BCUT2D eigenvalue weighted by Gasteiger charge is -2.31. The van der Waals surface area contributed by atoms with Crippen LogP contribution < -0.4 is 11.1 Å². The first-order chi connectivity index (χ1) is 14.0. The monoisotopic (exact) mass is 399 g/mol. The molecule has 0 aromatic carbocycles. The zero-order valence-corrected chi connectivity index (χ0v) is 16.6. The maximum Gasteiger partial charge on any atom is 0.409 e. The molecule has 2 aromatic heterocycles. The largest absolute Gasteiger partial charge is 0.450 e. The van der Waals surface area contributed by atoms with E-state index in [9.17, 15) is 9.59 Å². The second-order valence-electron chi connectivity index (χ2n) is 7.34. The smallest absolute Gasteiger partial charge is 0.409 e. The van der Waals surface area contributed by atoms with E-state index >= 15 is 0 Å². The van der Waals surface area contributed by atoms with E-state index in [1.54, 1.807) is 23.6 Å². The third-order valence-electron chi connectivity index (χ3n) is 5.47. The van der Waals surface area contributed by atoms with Gasteiger partial charge in [-0.1, -0.05) is 0 Å². The number of piperidine rings is 1. The van der Waals surface area contributed by atoms with E-state index in [0.29, 0.717) is 37.8 Å². The van der Waals surface area contributed by atoms with Crippen LogP contribution in [0, 0.1) is 0 Å². The number of anilines is 1. The number of hydrogen-bond acceptors (Lipinski definition) is 7. The van der Waals surface area contributed by atoms with E-state index in [2.05, 4.69) is 15.4 Å². The Hall–Kier alpha value is -3.17. The van der Waals surface area contributed by atoms with Gasteiger partial charge in [0.1, 0.15) is 0 Å². The van der Waals surface area contributed by atoms with Crippen LogP contribution in [0.15, 0.2) is 6.20 Å². The minimum atomic E-state index is -0.522. The normalized spacial score (nSPS) is 16.1. The van der Waals surface area contributed by atoms with Crippen LogP contribution in [-0.4, -0.2) is 62.4 Å². The molecule has 2 aromatic rings. The van der Waals surface area contributed by atoms with Crippen LogP contribution >= 0.6 is 0 Å². The number of primary amides is 1. The van der Waals surface area contributed by atoms with Crippen LogP contribution in [0.3, 0.4) is 0 Å². The van der Waals surface area contributed by atoms with Gasteiger partial charge in [0.15, 0.2) is 5.69 Å². The van der Waals surface area contributed by atoms with Crippen molar-refractivity contribution in [3.63, 3.8) is 0 Å². The molecule has 2 amide bonds. The first-order valence-corrected chi connectivity index (χ1v) is 9.88. The summed E-state index contributed by atoms with van der Waals surface area (Å²) in [5.41, 5.74) is 9.28. The minimum Gasteiger partial charge on any atom is -0.450 e. The molecule has 3 N–H and O–H groups in total. The minimum absolute atomic E-state index is 0.175. The topological polar surface area (TPSA) is 128 Å². The number of fused-ring (bicyclic) bond motifs is 3.